The third-order valence-electron chi connectivity index (χ3n) is 4.46. The number of urea groups is 1. The van der Waals surface area contributed by atoms with Crippen LogP contribution in [0.4, 0.5) is 4.79 Å². The summed E-state index contributed by atoms with van der Waals surface area (Å²) >= 11 is 0. The quantitative estimate of drug-likeness (QED) is 0.873. The van der Waals surface area contributed by atoms with Gasteiger partial charge in [-0.25, -0.2) is 13.2 Å². The lowest BCUT2D eigenvalue weighted by atomic mass is 10.0. The predicted octanol–water partition coefficient (Wildman–Crippen LogP) is 2.24. The number of sulfonamides is 1. The molecule has 1 saturated carbocycles. The first kappa shape index (κ1) is 17.2. The van der Waals surface area contributed by atoms with Gasteiger partial charge in [0.15, 0.2) is 0 Å². The van der Waals surface area contributed by atoms with Crippen molar-refractivity contribution in [2.45, 2.75) is 50.1 Å². The lowest BCUT2D eigenvalue weighted by molar-refractivity contribution is 0.233. The number of amides is 2. The van der Waals surface area contributed by atoms with Crippen molar-refractivity contribution < 1.29 is 13.2 Å². The summed E-state index contributed by atoms with van der Waals surface area (Å²) in [7, 11) is -3.50. The van der Waals surface area contributed by atoms with E-state index >= 15 is 0 Å². The van der Waals surface area contributed by atoms with Gasteiger partial charge in [-0.1, -0.05) is 18.2 Å². The Kier molecular flexibility index (Phi) is 4.83. The molecule has 2 aliphatic rings. The summed E-state index contributed by atoms with van der Waals surface area (Å²) in [5, 5.41) is 5.73. The number of nitrogens with zero attached hydrogens (tertiary/aromatic N) is 1. The number of hydrogen-bond acceptors (Lipinski definition) is 3. The standard InChI is InChI=1S/C17H25N3O3S/c1-12(2)18-17(21)19-15-9-10-20(11-13-7-8-13)24(22,23)16-6-4-3-5-14(15)16/h3-6,12-13,15H,7-11H2,1-2H3,(H2,18,19,21)/t15-/m1/s1. The second kappa shape index (κ2) is 6.72. The molecule has 0 unspecified atom stereocenters. The summed E-state index contributed by atoms with van der Waals surface area (Å²) in [6, 6.07) is 6.46. The van der Waals surface area contributed by atoms with Gasteiger partial charge in [-0.3, -0.25) is 0 Å². The van der Waals surface area contributed by atoms with Crippen LogP contribution in [0.2, 0.25) is 0 Å². The number of carbonyl (C=O) groups is 1. The highest BCUT2D eigenvalue weighted by Crippen LogP contribution is 2.36. The van der Waals surface area contributed by atoms with Crippen LogP contribution >= 0.6 is 0 Å². The molecule has 2 amide bonds. The van der Waals surface area contributed by atoms with E-state index in [0.29, 0.717) is 35.9 Å². The van der Waals surface area contributed by atoms with E-state index in [0.717, 1.165) is 12.8 Å². The second-order valence-electron chi connectivity index (χ2n) is 6.96. The summed E-state index contributed by atoms with van der Waals surface area (Å²) in [6.07, 6.45) is 2.78. The predicted molar refractivity (Wildman–Crippen MR) is 92.1 cm³/mol. The summed E-state index contributed by atoms with van der Waals surface area (Å²) in [5.74, 6) is 0.487. The lowest BCUT2D eigenvalue weighted by Gasteiger charge is -2.20. The van der Waals surface area contributed by atoms with Crippen LogP contribution in [0, 0.1) is 5.92 Å². The SMILES string of the molecule is CC(C)NC(=O)N[C@@H]1CCN(CC2CC2)S(=O)(=O)c2ccccc21. The molecule has 0 aromatic heterocycles. The lowest BCUT2D eigenvalue weighted by Crippen LogP contribution is -2.41. The van der Waals surface area contributed by atoms with Crippen LogP contribution in [0.15, 0.2) is 29.2 Å². The van der Waals surface area contributed by atoms with Gasteiger partial charge in [0.25, 0.3) is 0 Å². The first-order chi connectivity index (χ1) is 11.4. The molecule has 1 fully saturated rings. The minimum absolute atomic E-state index is 0.0288. The monoisotopic (exact) mass is 351 g/mol. The molecule has 3 rings (SSSR count). The molecule has 1 aromatic rings. The summed E-state index contributed by atoms with van der Waals surface area (Å²) in [4.78, 5) is 12.4. The molecule has 7 heteroatoms. The Labute approximate surface area is 143 Å². The van der Waals surface area contributed by atoms with Gasteiger partial charge in [-0.2, -0.15) is 4.31 Å². The van der Waals surface area contributed by atoms with E-state index in [9.17, 15) is 13.2 Å². The highest BCUT2D eigenvalue weighted by Gasteiger charge is 2.37. The van der Waals surface area contributed by atoms with E-state index < -0.39 is 10.0 Å². The van der Waals surface area contributed by atoms with E-state index in [-0.39, 0.29) is 18.1 Å². The van der Waals surface area contributed by atoms with Crippen molar-refractivity contribution in [3.8, 4) is 0 Å². The summed E-state index contributed by atoms with van der Waals surface area (Å²) < 4.78 is 27.6. The van der Waals surface area contributed by atoms with Gasteiger partial charge < -0.3 is 10.6 Å². The molecule has 1 aromatic carbocycles. The van der Waals surface area contributed by atoms with Crippen LogP contribution in [0.1, 0.15) is 44.7 Å². The fourth-order valence-electron chi connectivity index (χ4n) is 3.08. The first-order valence-corrected chi connectivity index (χ1v) is 9.98. The molecule has 1 heterocycles. The van der Waals surface area contributed by atoms with E-state index in [4.69, 9.17) is 0 Å². The minimum Gasteiger partial charge on any atom is -0.336 e. The van der Waals surface area contributed by atoms with Gasteiger partial charge in [0.2, 0.25) is 10.0 Å². The first-order valence-electron chi connectivity index (χ1n) is 8.54. The van der Waals surface area contributed by atoms with Crippen LogP contribution in [0.3, 0.4) is 0 Å². The third kappa shape index (κ3) is 3.72. The Morgan fingerprint density at radius 3 is 2.62 bits per heavy atom. The number of fused-ring (bicyclic) bond motifs is 1. The Hall–Kier alpha value is -1.60. The number of rotatable bonds is 4. The molecule has 6 nitrogen and oxygen atoms in total. The Bertz CT molecular complexity index is 714. The van der Waals surface area contributed by atoms with Crippen LogP contribution in [-0.4, -0.2) is 37.9 Å². The molecule has 0 spiro atoms. The number of carbonyl (C=O) groups excluding carboxylic acids is 1. The fourth-order valence-corrected chi connectivity index (χ4v) is 4.87. The zero-order chi connectivity index (χ0) is 17.3. The average molecular weight is 351 g/mol. The number of hydrogen-bond donors (Lipinski definition) is 2. The molecular formula is C17H25N3O3S. The van der Waals surface area contributed by atoms with Crippen LogP contribution in [0.25, 0.3) is 0 Å². The number of nitrogens with one attached hydrogen (secondary N) is 2. The minimum atomic E-state index is -3.50. The van der Waals surface area contributed by atoms with Crippen molar-refractivity contribution in [2.75, 3.05) is 13.1 Å². The third-order valence-corrected chi connectivity index (χ3v) is 6.40. The molecule has 0 radical (unpaired) electrons. The normalized spacial score (nSPS) is 23.4. The van der Waals surface area contributed by atoms with Gasteiger partial charge >= 0.3 is 6.03 Å². The molecule has 24 heavy (non-hydrogen) atoms. The molecule has 0 bridgehead atoms. The molecule has 0 saturated heterocycles. The van der Waals surface area contributed by atoms with Crippen molar-refractivity contribution in [3.05, 3.63) is 29.8 Å². The van der Waals surface area contributed by atoms with E-state index in [1.54, 1.807) is 22.5 Å². The van der Waals surface area contributed by atoms with Gasteiger partial charge in [0.1, 0.15) is 0 Å². The van der Waals surface area contributed by atoms with Crippen molar-refractivity contribution in [1.29, 1.82) is 0 Å². The Balaban J connectivity index is 1.88. The maximum atomic E-state index is 13.0. The van der Waals surface area contributed by atoms with Gasteiger partial charge in [0, 0.05) is 19.1 Å². The summed E-state index contributed by atoms with van der Waals surface area (Å²) in [5.41, 5.74) is 0.676. The van der Waals surface area contributed by atoms with E-state index in [1.165, 1.54) is 0 Å². The van der Waals surface area contributed by atoms with Crippen molar-refractivity contribution in [1.82, 2.24) is 14.9 Å². The van der Waals surface area contributed by atoms with Gasteiger partial charge in [-0.15, -0.1) is 0 Å². The molecule has 132 valence electrons. The average Bonchev–Trinajstić information content (AvgIpc) is 3.33. The second-order valence-corrected chi connectivity index (χ2v) is 8.86. The van der Waals surface area contributed by atoms with Crippen molar-refractivity contribution >= 4 is 16.1 Å². The Morgan fingerprint density at radius 2 is 1.96 bits per heavy atom. The molecule has 2 N–H and O–H groups in total. The van der Waals surface area contributed by atoms with Crippen molar-refractivity contribution in [3.63, 3.8) is 0 Å². The fraction of sp³-hybridized carbons (Fsp3) is 0.588. The highest BCUT2D eigenvalue weighted by molar-refractivity contribution is 7.89. The topological polar surface area (TPSA) is 78.5 Å². The Morgan fingerprint density at radius 1 is 1.25 bits per heavy atom. The van der Waals surface area contributed by atoms with Crippen LogP contribution < -0.4 is 10.6 Å². The maximum absolute atomic E-state index is 13.0. The highest BCUT2D eigenvalue weighted by atomic mass is 32.2. The van der Waals surface area contributed by atoms with Crippen molar-refractivity contribution in [2.24, 2.45) is 5.92 Å². The molecule has 1 atom stereocenters. The van der Waals surface area contributed by atoms with Crippen LogP contribution in [-0.2, 0) is 10.0 Å². The van der Waals surface area contributed by atoms with Crippen LogP contribution in [0.5, 0.6) is 0 Å². The summed E-state index contributed by atoms with van der Waals surface area (Å²) in [6.45, 7) is 4.80. The number of benzene rings is 1. The van der Waals surface area contributed by atoms with E-state index in [1.807, 2.05) is 19.9 Å². The zero-order valence-electron chi connectivity index (χ0n) is 14.2. The molecular weight excluding hydrogens is 326 g/mol. The van der Waals surface area contributed by atoms with Gasteiger partial charge in [0.05, 0.1) is 10.9 Å². The molecule has 1 aliphatic heterocycles. The smallest absolute Gasteiger partial charge is 0.315 e. The van der Waals surface area contributed by atoms with Gasteiger partial charge in [-0.05, 0) is 50.7 Å². The maximum Gasteiger partial charge on any atom is 0.315 e. The largest absolute Gasteiger partial charge is 0.336 e. The zero-order valence-corrected chi connectivity index (χ0v) is 15.0. The van der Waals surface area contributed by atoms with E-state index in [2.05, 4.69) is 10.6 Å². The molecule has 1 aliphatic carbocycles.